The van der Waals surface area contributed by atoms with Gasteiger partial charge in [0, 0.05) is 12.3 Å². The number of rotatable bonds is 6. The minimum atomic E-state index is -4.33. The van der Waals surface area contributed by atoms with Gasteiger partial charge in [0.25, 0.3) is 0 Å². The molecule has 6 nitrogen and oxygen atoms in total. The summed E-state index contributed by atoms with van der Waals surface area (Å²) in [6.07, 6.45) is -3.05. The van der Waals surface area contributed by atoms with Crippen LogP contribution in [-0.2, 0) is 5.41 Å². The monoisotopic (exact) mass is 433 g/mol. The van der Waals surface area contributed by atoms with Crippen molar-refractivity contribution in [2.45, 2.75) is 52.6 Å². The Morgan fingerprint density at radius 2 is 1.86 bits per heavy atom. The largest absolute Gasteiger partial charge is 0.478 e. The van der Waals surface area contributed by atoms with Crippen molar-refractivity contribution in [1.82, 2.24) is 14.8 Å². The van der Waals surface area contributed by atoms with Crippen LogP contribution in [0.1, 0.15) is 57.0 Å². The standard InChI is InChI=1S/C19H23ClF3N3O3/c1-17(2,3)11-10-12(24-15(20)14(11)16(27)28)26-8-6-13(25-26)29-9-7-18(4,5)19(21,22)23/h6,8,10H,7,9H2,1-5H3,(H,27,28). The molecule has 0 spiro atoms. The van der Waals surface area contributed by atoms with Crippen LogP contribution in [-0.4, -0.2) is 38.6 Å². The van der Waals surface area contributed by atoms with E-state index in [2.05, 4.69) is 10.1 Å². The maximum atomic E-state index is 12.9. The van der Waals surface area contributed by atoms with Crippen LogP contribution in [0, 0.1) is 5.41 Å². The molecular formula is C19H23ClF3N3O3. The van der Waals surface area contributed by atoms with Crippen LogP contribution in [0.25, 0.3) is 5.82 Å². The number of ether oxygens (including phenoxy) is 1. The highest BCUT2D eigenvalue weighted by Gasteiger charge is 2.46. The molecule has 2 aromatic rings. The number of carboxylic acid groups (broad SMARTS) is 1. The lowest BCUT2D eigenvalue weighted by molar-refractivity contribution is -0.215. The fourth-order valence-corrected chi connectivity index (χ4v) is 2.75. The van der Waals surface area contributed by atoms with Gasteiger partial charge in [-0.2, -0.15) is 13.2 Å². The molecule has 2 aromatic heterocycles. The topological polar surface area (TPSA) is 77.2 Å². The van der Waals surface area contributed by atoms with E-state index in [1.807, 2.05) is 20.8 Å². The van der Waals surface area contributed by atoms with Crippen molar-refractivity contribution < 1.29 is 27.8 Å². The van der Waals surface area contributed by atoms with Crippen molar-refractivity contribution in [2.24, 2.45) is 5.41 Å². The van der Waals surface area contributed by atoms with Crippen LogP contribution in [0.2, 0.25) is 5.15 Å². The van der Waals surface area contributed by atoms with E-state index in [1.165, 1.54) is 16.9 Å². The molecule has 1 N–H and O–H groups in total. The quantitative estimate of drug-likeness (QED) is 0.627. The van der Waals surface area contributed by atoms with E-state index >= 15 is 0 Å². The van der Waals surface area contributed by atoms with Gasteiger partial charge in [-0.15, -0.1) is 5.10 Å². The zero-order chi connectivity index (χ0) is 22.2. The predicted molar refractivity (Wildman–Crippen MR) is 102 cm³/mol. The fraction of sp³-hybridized carbons (Fsp3) is 0.526. The third kappa shape index (κ3) is 5.20. The Hall–Kier alpha value is -2.29. The number of hydrogen-bond donors (Lipinski definition) is 1. The first-order valence-corrected chi connectivity index (χ1v) is 9.21. The zero-order valence-electron chi connectivity index (χ0n) is 16.8. The SMILES string of the molecule is CC(C)(C)c1cc(-n2ccc(OCCC(C)(C)C(F)(F)F)n2)nc(Cl)c1C(=O)O. The van der Waals surface area contributed by atoms with Crippen molar-refractivity contribution in [3.63, 3.8) is 0 Å². The third-order valence-electron chi connectivity index (χ3n) is 4.53. The minimum Gasteiger partial charge on any atom is -0.478 e. The van der Waals surface area contributed by atoms with Crippen molar-refractivity contribution >= 4 is 17.6 Å². The van der Waals surface area contributed by atoms with Crippen LogP contribution in [0.15, 0.2) is 18.3 Å². The molecule has 0 aliphatic heterocycles. The maximum Gasteiger partial charge on any atom is 0.394 e. The lowest BCUT2D eigenvalue weighted by Crippen LogP contribution is -2.33. The van der Waals surface area contributed by atoms with Gasteiger partial charge < -0.3 is 9.84 Å². The molecule has 0 bridgehead atoms. The average molecular weight is 434 g/mol. The number of aromatic carboxylic acids is 1. The molecule has 0 aromatic carbocycles. The van der Waals surface area contributed by atoms with Gasteiger partial charge in [0.1, 0.15) is 10.7 Å². The van der Waals surface area contributed by atoms with E-state index in [-0.39, 0.29) is 35.4 Å². The molecule has 2 rings (SSSR count). The van der Waals surface area contributed by atoms with Gasteiger partial charge in [0.15, 0.2) is 5.82 Å². The molecule has 29 heavy (non-hydrogen) atoms. The lowest BCUT2D eigenvalue weighted by Gasteiger charge is -2.27. The predicted octanol–water partition coefficient (Wildman–Crippen LogP) is 5.27. The number of hydrogen-bond acceptors (Lipinski definition) is 4. The van der Waals surface area contributed by atoms with Gasteiger partial charge in [-0.05, 0) is 23.5 Å². The molecule has 2 heterocycles. The average Bonchev–Trinajstić information content (AvgIpc) is 3.00. The van der Waals surface area contributed by atoms with Crippen LogP contribution >= 0.6 is 11.6 Å². The second-order valence-corrected chi connectivity index (χ2v) is 8.69. The number of carbonyl (C=O) groups is 1. The first-order chi connectivity index (χ1) is 13.1. The number of nitrogens with zero attached hydrogens (tertiary/aromatic N) is 3. The Labute approximate surface area is 171 Å². The summed E-state index contributed by atoms with van der Waals surface area (Å²) in [6, 6.07) is 3.05. The number of halogens is 4. The molecule has 0 aliphatic rings. The first kappa shape index (κ1) is 23.0. The summed E-state index contributed by atoms with van der Waals surface area (Å²) in [5.74, 6) is -0.786. The lowest BCUT2D eigenvalue weighted by atomic mass is 9.84. The smallest absolute Gasteiger partial charge is 0.394 e. The van der Waals surface area contributed by atoms with E-state index in [0.717, 1.165) is 13.8 Å². The molecule has 0 saturated heterocycles. The van der Waals surface area contributed by atoms with E-state index < -0.39 is 23.0 Å². The Kier molecular flexibility index (Phi) is 6.23. The summed E-state index contributed by atoms with van der Waals surface area (Å²) < 4.78 is 45.4. The highest BCUT2D eigenvalue weighted by Crippen LogP contribution is 2.40. The van der Waals surface area contributed by atoms with E-state index in [4.69, 9.17) is 16.3 Å². The van der Waals surface area contributed by atoms with Gasteiger partial charge in [0.2, 0.25) is 5.88 Å². The molecule has 0 aliphatic carbocycles. The third-order valence-corrected chi connectivity index (χ3v) is 4.80. The molecule has 160 valence electrons. The first-order valence-electron chi connectivity index (χ1n) is 8.83. The fourth-order valence-electron chi connectivity index (χ4n) is 2.48. The van der Waals surface area contributed by atoms with Gasteiger partial charge in [0.05, 0.1) is 12.0 Å². The molecule has 0 saturated carbocycles. The zero-order valence-corrected chi connectivity index (χ0v) is 17.5. The van der Waals surface area contributed by atoms with E-state index in [9.17, 15) is 23.1 Å². The summed E-state index contributed by atoms with van der Waals surface area (Å²) >= 11 is 6.10. The number of carboxylic acids is 1. The van der Waals surface area contributed by atoms with Crippen LogP contribution in [0.5, 0.6) is 5.88 Å². The summed E-state index contributed by atoms with van der Waals surface area (Å²) in [4.78, 5) is 15.6. The van der Waals surface area contributed by atoms with Crippen molar-refractivity contribution in [3.05, 3.63) is 34.6 Å². The summed E-state index contributed by atoms with van der Waals surface area (Å²) in [6.45, 7) is 7.58. The van der Waals surface area contributed by atoms with Crippen molar-refractivity contribution in [1.29, 1.82) is 0 Å². The van der Waals surface area contributed by atoms with E-state index in [1.54, 1.807) is 6.07 Å². The summed E-state index contributed by atoms with van der Waals surface area (Å²) in [7, 11) is 0. The number of aromatic nitrogens is 3. The van der Waals surface area contributed by atoms with Crippen molar-refractivity contribution in [3.8, 4) is 11.7 Å². The van der Waals surface area contributed by atoms with E-state index in [0.29, 0.717) is 5.56 Å². The highest BCUT2D eigenvalue weighted by molar-refractivity contribution is 6.32. The number of alkyl halides is 3. The van der Waals surface area contributed by atoms with Gasteiger partial charge in [-0.1, -0.05) is 46.2 Å². The Bertz CT molecular complexity index is 902. The Balaban J connectivity index is 2.24. The van der Waals surface area contributed by atoms with Crippen molar-refractivity contribution in [2.75, 3.05) is 6.61 Å². The molecule has 0 atom stereocenters. The number of pyridine rings is 1. The summed E-state index contributed by atoms with van der Waals surface area (Å²) in [5, 5.41) is 13.4. The maximum absolute atomic E-state index is 12.9. The molecular weight excluding hydrogens is 411 g/mol. The summed E-state index contributed by atoms with van der Waals surface area (Å²) in [5.41, 5.74) is -2.00. The Morgan fingerprint density at radius 1 is 1.24 bits per heavy atom. The van der Waals surface area contributed by atoms with Gasteiger partial charge in [-0.25, -0.2) is 14.5 Å². The molecule has 0 unspecified atom stereocenters. The molecule has 0 amide bonds. The minimum absolute atomic E-state index is 0.0825. The second kappa shape index (κ2) is 7.85. The van der Waals surface area contributed by atoms with Crippen LogP contribution < -0.4 is 4.74 Å². The van der Waals surface area contributed by atoms with Crippen LogP contribution in [0.3, 0.4) is 0 Å². The highest BCUT2D eigenvalue weighted by atomic mass is 35.5. The second-order valence-electron chi connectivity index (χ2n) is 8.33. The molecule has 0 fully saturated rings. The molecule has 10 heteroatoms. The van der Waals surface area contributed by atoms with Gasteiger partial charge in [-0.3, -0.25) is 0 Å². The Morgan fingerprint density at radius 3 is 2.38 bits per heavy atom. The molecule has 0 radical (unpaired) electrons. The van der Waals surface area contributed by atoms with Gasteiger partial charge >= 0.3 is 12.1 Å². The van der Waals surface area contributed by atoms with Crippen LogP contribution in [0.4, 0.5) is 13.2 Å². The normalized spacial score (nSPS) is 12.9.